The molecule has 20 heavy (non-hydrogen) atoms. The van der Waals surface area contributed by atoms with E-state index in [0.29, 0.717) is 12.5 Å². The molecule has 0 bridgehead atoms. The number of hydrogen-bond acceptors (Lipinski definition) is 4. The molecule has 0 radical (unpaired) electrons. The highest BCUT2D eigenvalue weighted by molar-refractivity contribution is 5.55. The van der Waals surface area contributed by atoms with Crippen molar-refractivity contribution in [3.8, 4) is 0 Å². The molecule has 0 unspecified atom stereocenters. The van der Waals surface area contributed by atoms with Crippen LogP contribution in [-0.4, -0.2) is 27.7 Å². The predicted molar refractivity (Wildman–Crippen MR) is 83.3 cm³/mol. The topological polar surface area (TPSA) is 68.2 Å². The van der Waals surface area contributed by atoms with Gasteiger partial charge in [0, 0.05) is 36.3 Å². The Hall–Kier alpha value is -1.62. The van der Waals surface area contributed by atoms with Gasteiger partial charge in [0.25, 0.3) is 0 Å². The molecule has 0 amide bonds. The molecule has 0 aliphatic carbocycles. The van der Waals surface area contributed by atoms with Crippen molar-refractivity contribution in [1.29, 1.82) is 0 Å². The first kappa shape index (κ1) is 14.8. The molecule has 5 heteroatoms. The fourth-order valence-electron chi connectivity index (χ4n) is 2.52. The first-order valence-corrected chi connectivity index (χ1v) is 7.43. The van der Waals surface area contributed by atoms with Gasteiger partial charge in [0.2, 0.25) is 0 Å². The van der Waals surface area contributed by atoms with Gasteiger partial charge >= 0.3 is 0 Å². The normalized spacial score (nSPS) is 11.5. The highest BCUT2D eigenvalue weighted by Crippen LogP contribution is 2.25. The highest BCUT2D eigenvalue weighted by atomic mass is 15.3. The van der Waals surface area contributed by atoms with Gasteiger partial charge in [0.15, 0.2) is 5.65 Å². The number of anilines is 1. The van der Waals surface area contributed by atoms with Crippen molar-refractivity contribution in [2.24, 2.45) is 5.73 Å². The van der Waals surface area contributed by atoms with Crippen LogP contribution in [-0.2, 0) is 0 Å². The summed E-state index contributed by atoms with van der Waals surface area (Å²) in [6.07, 6.45) is 2.20. The van der Waals surface area contributed by atoms with Gasteiger partial charge in [-0.2, -0.15) is 9.61 Å². The first-order chi connectivity index (χ1) is 9.62. The maximum atomic E-state index is 5.60. The van der Waals surface area contributed by atoms with Gasteiger partial charge in [-0.3, -0.25) is 0 Å². The largest absolute Gasteiger partial charge is 0.368 e. The fourth-order valence-corrected chi connectivity index (χ4v) is 2.52. The van der Waals surface area contributed by atoms with Crippen LogP contribution in [0.5, 0.6) is 0 Å². The van der Waals surface area contributed by atoms with Crippen LogP contribution < -0.4 is 11.1 Å². The van der Waals surface area contributed by atoms with Crippen LogP contribution in [0.3, 0.4) is 0 Å². The van der Waals surface area contributed by atoms with Crippen molar-refractivity contribution < 1.29 is 0 Å². The second-order valence-corrected chi connectivity index (χ2v) is 5.24. The molecule has 0 saturated carbocycles. The van der Waals surface area contributed by atoms with E-state index in [0.717, 1.165) is 47.8 Å². The number of aromatic nitrogens is 3. The molecular weight excluding hydrogens is 250 g/mol. The molecule has 2 aromatic rings. The van der Waals surface area contributed by atoms with Crippen molar-refractivity contribution in [3.05, 3.63) is 23.0 Å². The van der Waals surface area contributed by atoms with E-state index in [1.807, 2.05) is 11.4 Å². The minimum Gasteiger partial charge on any atom is -0.368 e. The Bertz CT molecular complexity index is 583. The summed E-state index contributed by atoms with van der Waals surface area (Å²) in [6, 6.07) is 2.11. The molecular formula is C15H25N5. The molecule has 2 heterocycles. The van der Waals surface area contributed by atoms with Crippen molar-refractivity contribution in [2.45, 2.75) is 46.5 Å². The summed E-state index contributed by atoms with van der Waals surface area (Å²) < 4.78 is 1.92. The number of hydrogen-bond donors (Lipinski definition) is 2. The van der Waals surface area contributed by atoms with Gasteiger partial charge in [0.1, 0.15) is 5.82 Å². The van der Waals surface area contributed by atoms with E-state index < -0.39 is 0 Å². The van der Waals surface area contributed by atoms with Gasteiger partial charge in [0.05, 0.1) is 5.69 Å². The Kier molecular flexibility index (Phi) is 4.60. The molecule has 0 spiro atoms. The quantitative estimate of drug-likeness (QED) is 0.850. The smallest absolute Gasteiger partial charge is 0.157 e. The van der Waals surface area contributed by atoms with Crippen molar-refractivity contribution in [1.82, 2.24) is 14.6 Å². The number of rotatable bonds is 6. The van der Waals surface area contributed by atoms with Crippen molar-refractivity contribution in [3.63, 3.8) is 0 Å². The van der Waals surface area contributed by atoms with E-state index >= 15 is 0 Å². The predicted octanol–water partition coefficient (Wildman–Crippen LogP) is 2.62. The van der Waals surface area contributed by atoms with Crippen LogP contribution in [0.1, 0.15) is 49.6 Å². The molecule has 2 rings (SSSR count). The molecule has 0 fully saturated rings. The van der Waals surface area contributed by atoms with E-state index in [4.69, 9.17) is 10.8 Å². The number of nitrogens with two attached hydrogens (primary N) is 1. The van der Waals surface area contributed by atoms with Crippen LogP contribution in [0, 0.1) is 13.8 Å². The second kappa shape index (κ2) is 6.22. The van der Waals surface area contributed by atoms with Gasteiger partial charge in [-0.1, -0.05) is 13.8 Å². The zero-order chi connectivity index (χ0) is 14.7. The van der Waals surface area contributed by atoms with Gasteiger partial charge in [-0.05, 0) is 26.7 Å². The van der Waals surface area contributed by atoms with Crippen LogP contribution >= 0.6 is 0 Å². The van der Waals surface area contributed by atoms with Crippen LogP contribution in [0.25, 0.3) is 5.65 Å². The zero-order valence-corrected chi connectivity index (χ0v) is 12.9. The molecule has 0 aliphatic rings. The lowest BCUT2D eigenvalue weighted by atomic mass is 10.00. The summed E-state index contributed by atoms with van der Waals surface area (Å²) in [6.45, 7) is 9.85. The average molecular weight is 275 g/mol. The molecule has 0 aromatic carbocycles. The summed E-state index contributed by atoms with van der Waals surface area (Å²) >= 11 is 0. The molecule has 2 aromatic heterocycles. The van der Waals surface area contributed by atoms with Gasteiger partial charge in [-0.25, -0.2) is 4.98 Å². The van der Waals surface area contributed by atoms with Crippen LogP contribution in [0.4, 0.5) is 5.82 Å². The lowest BCUT2D eigenvalue weighted by Gasteiger charge is -2.12. The summed E-state index contributed by atoms with van der Waals surface area (Å²) in [5.41, 5.74) is 9.80. The van der Waals surface area contributed by atoms with E-state index in [2.05, 4.69) is 37.1 Å². The Labute approximate surface area is 120 Å². The lowest BCUT2D eigenvalue weighted by Crippen LogP contribution is -2.17. The Morgan fingerprint density at radius 2 is 2.00 bits per heavy atom. The number of fused-ring (bicyclic) bond motifs is 1. The molecule has 0 aliphatic heterocycles. The molecule has 0 saturated heterocycles. The van der Waals surface area contributed by atoms with Gasteiger partial charge in [-0.15, -0.1) is 0 Å². The monoisotopic (exact) mass is 275 g/mol. The Morgan fingerprint density at radius 1 is 1.30 bits per heavy atom. The highest BCUT2D eigenvalue weighted by Gasteiger charge is 2.16. The lowest BCUT2D eigenvalue weighted by molar-refractivity contribution is 0.616. The number of nitrogens with one attached hydrogen (secondary N) is 1. The minimum atomic E-state index is 0.500. The number of aryl methyl sites for hydroxylation is 1. The van der Waals surface area contributed by atoms with E-state index in [-0.39, 0.29) is 0 Å². The summed E-state index contributed by atoms with van der Waals surface area (Å²) in [7, 11) is 0. The van der Waals surface area contributed by atoms with Crippen LogP contribution in [0.2, 0.25) is 0 Å². The summed E-state index contributed by atoms with van der Waals surface area (Å²) in [5.74, 6) is 1.51. The molecule has 5 nitrogen and oxygen atoms in total. The SMILES string of the molecule is CCC(CC)c1cc2nc(C)c(C)c(NCCN)n2n1. The minimum absolute atomic E-state index is 0.500. The van der Waals surface area contributed by atoms with Crippen LogP contribution in [0.15, 0.2) is 6.07 Å². The third kappa shape index (κ3) is 2.63. The van der Waals surface area contributed by atoms with E-state index in [1.54, 1.807) is 0 Å². The molecule has 3 N–H and O–H groups in total. The summed E-state index contributed by atoms with van der Waals surface area (Å²) in [5, 5.41) is 8.13. The van der Waals surface area contributed by atoms with Crippen molar-refractivity contribution >= 4 is 11.5 Å². The zero-order valence-electron chi connectivity index (χ0n) is 12.9. The Balaban J connectivity index is 2.54. The maximum absolute atomic E-state index is 5.60. The van der Waals surface area contributed by atoms with Crippen molar-refractivity contribution in [2.75, 3.05) is 18.4 Å². The molecule has 110 valence electrons. The maximum Gasteiger partial charge on any atom is 0.157 e. The fraction of sp³-hybridized carbons (Fsp3) is 0.600. The van der Waals surface area contributed by atoms with E-state index in [9.17, 15) is 0 Å². The Morgan fingerprint density at radius 3 is 2.60 bits per heavy atom. The summed E-state index contributed by atoms with van der Waals surface area (Å²) in [4.78, 5) is 4.64. The van der Waals surface area contributed by atoms with Gasteiger partial charge < -0.3 is 11.1 Å². The first-order valence-electron chi connectivity index (χ1n) is 7.43. The standard InChI is InChI=1S/C15H25N5/c1-5-12(6-2)13-9-14-18-11(4)10(3)15(17-8-7-16)20(14)19-13/h9,12,17H,5-8,16H2,1-4H3. The number of nitrogens with zero attached hydrogens (tertiary/aromatic N) is 3. The average Bonchev–Trinajstić information content (AvgIpc) is 2.84. The van der Waals surface area contributed by atoms with E-state index in [1.165, 1.54) is 0 Å². The molecule has 0 atom stereocenters. The second-order valence-electron chi connectivity index (χ2n) is 5.24. The third-order valence-electron chi connectivity index (χ3n) is 3.94. The third-order valence-corrected chi connectivity index (χ3v) is 3.94.